The van der Waals surface area contributed by atoms with Crippen LogP contribution in [0.2, 0.25) is 0 Å². The number of benzene rings is 2. The van der Waals surface area contributed by atoms with Crippen LogP contribution in [0.15, 0.2) is 42.5 Å². The molecular weight excluding hydrogens is 363 g/mol. The van der Waals surface area contributed by atoms with Crippen LogP contribution in [0.25, 0.3) is 0 Å². The molecule has 146 valence electrons. The van der Waals surface area contributed by atoms with Crippen molar-refractivity contribution in [1.29, 1.82) is 0 Å². The normalized spacial score (nSPS) is 17.2. The average Bonchev–Trinajstić information content (AvgIpc) is 3.22. The largest absolute Gasteiger partial charge is 0.486 e. The minimum absolute atomic E-state index is 0.322. The predicted molar refractivity (Wildman–Crippen MR) is 99.3 cm³/mol. The van der Waals surface area contributed by atoms with E-state index >= 15 is 0 Å². The molecular formula is C22H21FO5. The van der Waals surface area contributed by atoms with Crippen LogP contribution in [-0.4, -0.2) is 31.6 Å². The Morgan fingerprint density at radius 2 is 1.75 bits per heavy atom. The van der Waals surface area contributed by atoms with Gasteiger partial charge in [-0.1, -0.05) is 25.0 Å². The van der Waals surface area contributed by atoms with Crippen molar-refractivity contribution in [3.63, 3.8) is 0 Å². The highest BCUT2D eigenvalue weighted by atomic mass is 19.1. The molecule has 0 aromatic heterocycles. The fourth-order valence-corrected chi connectivity index (χ4v) is 3.94. The van der Waals surface area contributed by atoms with Crippen molar-refractivity contribution in [2.45, 2.75) is 31.1 Å². The molecule has 1 fully saturated rings. The van der Waals surface area contributed by atoms with Gasteiger partial charge in [-0.15, -0.1) is 0 Å². The van der Waals surface area contributed by atoms with Crippen molar-refractivity contribution < 1.29 is 28.2 Å². The monoisotopic (exact) mass is 384 g/mol. The molecule has 0 saturated heterocycles. The first kappa shape index (κ1) is 18.5. The topological polar surface area (TPSA) is 61.8 Å². The minimum atomic E-state index is -0.880. The highest BCUT2D eigenvalue weighted by Crippen LogP contribution is 2.42. The smallest absolute Gasteiger partial charge is 0.317 e. The highest BCUT2D eigenvalue weighted by Gasteiger charge is 2.44. The van der Waals surface area contributed by atoms with E-state index in [0.717, 1.165) is 12.8 Å². The van der Waals surface area contributed by atoms with Gasteiger partial charge in [-0.3, -0.25) is 9.59 Å². The summed E-state index contributed by atoms with van der Waals surface area (Å²) in [7, 11) is 0. The molecule has 5 nitrogen and oxygen atoms in total. The number of carbonyl (C=O) groups excluding carboxylic acids is 2. The van der Waals surface area contributed by atoms with Crippen LogP contribution in [0.4, 0.5) is 4.39 Å². The average molecular weight is 384 g/mol. The van der Waals surface area contributed by atoms with Gasteiger partial charge in [-0.05, 0) is 48.7 Å². The van der Waals surface area contributed by atoms with Gasteiger partial charge in [0, 0.05) is 5.56 Å². The van der Waals surface area contributed by atoms with E-state index < -0.39 is 11.4 Å². The Balaban J connectivity index is 1.47. The molecule has 0 atom stereocenters. The Morgan fingerprint density at radius 3 is 2.50 bits per heavy atom. The molecule has 28 heavy (non-hydrogen) atoms. The van der Waals surface area contributed by atoms with Gasteiger partial charge < -0.3 is 14.2 Å². The maximum absolute atomic E-state index is 13.7. The van der Waals surface area contributed by atoms with Crippen LogP contribution in [0, 0.1) is 5.82 Å². The van der Waals surface area contributed by atoms with Crippen molar-refractivity contribution >= 4 is 11.8 Å². The Labute approximate surface area is 162 Å². The van der Waals surface area contributed by atoms with Gasteiger partial charge in [0.1, 0.15) is 19.0 Å². The zero-order chi connectivity index (χ0) is 19.6. The summed E-state index contributed by atoms with van der Waals surface area (Å²) in [6.07, 6.45) is 2.91. The summed E-state index contributed by atoms with van der Waals surface area (Å²) in [6.45, 7) is 0.533. The molecule has 0 amide bonds. The van der Waals surface area contributed by atoms with Crippen LogP contribution >= 0.6 is 0 Å². The minimum Gasteiger partial charge on any atom is -0.486 e. The summed E-state index contributed by atoms with van der Waals surface area (Å²) in [5.41, 5.74) is 0.125. The van der Waals surface area contributed by atoms with Crippen LogP contribution in [0.3, 0.4) is 0 Å². The van der Waals surface area contributed by atoms with Crippen molar-refractivity contribution in [3.8, 4) is 11.5 Å². The molecule has 6 heteroatoms. The first-order chi connectivity index (χ1) is 13.6. The Morgan fingerprint density at radius 1 is 1.00 bits per heavy atom. The van der Waals surface area contributed by atoms with Crippen LogP contribution in [0.1, 0.15) is 41.6 Å². The van der Waals surface area contributed by atoms with Crippen LogP contribution in [-0.2, 0) is 14.9 Å². The van der Waals surface area contributed by atoms with Gasteiger partial charge in [0.05, 0.1) is 5.41 Å². The van der Waals surface area contributed by atoms with E-state index in [0.29, 0.717) is 48.7 Å². The lowest BCUT2D eigenvalue weighted by Crippen LogP contribution is -2.36. The van der Waals surface area contributed by atoms with E-state index in [1.165, 1.54) is 12.1 Å². The van der Waals surface area contributed by atoms with Gasteiger partial charge in [0.25, 0.3) is 0 Å². The molecule has 1 aliphatic carbocycles. The Kier molecular flexibility index (Phi) is 5.03. The second-order valence-electron chi connectivity index (χ2n) is 7.16. The number of ketones is 1. The van der Waals surface area contributed by atoms with Gasteiger partial charge in [0.2, 0.25) is 0 Å². The standard InChI is InChI=1S/C22H21FO5/c23-17-5-3-4-16(13-17)22(8-1-2-9-22)21(25)28-14-18(24)15-6-7-19-20(12-15)27-11-10-26-19/h3-7,12-13H,1-2,8-11,14H2. The SMILES string of the molecule is O=C(COC(=O)C1(c2cccc(F)c2)CCCC1)c1ccc2c(c1)OCCO2. The number of esters is 1. The molecule has 4 rings (SSSR count). The maximum atomic E-state index is 13.7. The molecule has 0 radical (unpaired) electrons. The van der Waals surface area contributed by atoms with Gasteiger partial charge >= 0.3 is 5.97 Å². The Bertz CT molecular complexity index is 902. The molecule has 1 saturated carbocycles. The second-order valence-corrected chi connectivity index (χ2v) is 7.16. The van der Waals surface area contributed by atoms with Crippen molar-refractivity contribution in [2.75, 3.05) is 19.8 Å². The first-order valence-corrected chi connectivity index (χ1v) is 9.45. The lowest BCUT2D eigenvalue weighted by molar-refractivity contribution is -0.149. The maximum Gasteiger partial charge on any atom is 0.317 e. The molecule has 0 N–H and O–H groups in total. The Hall–Kier alpha value is -2.89. The lowest BCUT2D eigenvalue weighted by Gasteiger charge is -2.27. The summed E-state index contributed by atoms with van der Waals surface area (Å²) in [5, 5.41) is 0. The number of fused-ring (bicyclic) bond motifs is 1. The molecule has 0 bridgehead atoms. The van der Waals surface area contributed by atoms with Gasteiger partial charge in [0.15, 0.2) is 23.9 Å². The van der Waals surface area contributed by atoms with Gasteiger partial charge in [-0.25, -0.2) is 4.39 Å². The number of hydrogen-bond acceptors (Lipinski definition) is 5. The third kappa shape index (κ3) is 3.46. The fraction of sp³-hybridized carbons (Fsp3) is 0.364. The van der Waals surface area contributed by atoms with E-state index in [1.54, 1.807) is 30.3 Å². The second kappa shape index (κ2) is 7.62. The zero-order valence-corrected chi connectivity index (χ0v) is 15.4. The van der Waals surface area contributed by atoms with Crippen molar-refractivity contribution in [1.82, 2.24) is 0 Å². The molecule has 0 unspecified atom stereocenters. The summed E-state index contributed by atoms with van der Waals surface area (Å²) in [5.74, 6) is -0.0746. The summed E-state index contributed by atoms with van der Waals surface area (Å²) < 4.78 is 30.0. The van der Waals surface area contributed by atoms with E-state index in [1.807, 2.05) is 0 Å². The zero-order valence-electron chi connectivity index (χ0n) is 15.4. The molecule has 1 heterocycles. The van der Waals surface area contributed by atoms with Gasteiger partial charge in [-0.2, -0.15) is 0 Å². The number of halogens is 1. The fourth-order valence-electron chi connectivity index (χ4n) is 3.94. The number of rotatable bonds is 5. The van der Waals surface area contributed by atoms with E-state index in [9.17, 15) is 14.0 Å². The predicted octanol–water partition coefficient (Wildman–Crippen LogP) is 3.83. The molecule has 2 aromatic rings. The summed E-state index contributed by atoms with van der Waals surface area (Å²) in [4.78, 5) is 25.4. The number of hydrogen-bond donors (Lipinski definition) is 0. The molecule has 2 aromatic carbocycles. The number of ether oxygens (including phenoxy) is 3. The molecule has 1 aliphatic heterocycles. The molecule has 0 spiro atoms. The third-order valence-electron chi connectivity index (χ3n) is 5.42. The van der Waals surface area contributed by atoms with Crippen molar-refractivity contribution in [3.05, 3.63) is 59.4 Å². The van der Waals surface area contributed by atoms with Crippen LogP contribution in [0.5, 0.6) is 11.5 Å². The van der Waals surface area contributed by atoms with Crippen molar-refractivity contribution in [2.24, 2.45) is 0 Å². The van der Waals surface area contributed by atoms with Crippen LogP contribution < -0.4 is 9.47 Å². The van der Waals surface area contributed by atoms with E-state index in [2.05, 4.69) is 0 Å². The summed E-state index contributed by atoms with van der Waals surface area (Å²) >= 11 is 0. The first-order valence-electron chi connectivity index (χ1n) is 9.45. The number of Topliss-reactive ketones (excluding diaryl/α,β-unsaturated/α-hetero) is 1. The highest BCUT2D eigenvalue weighted by molar-refractivity contribution is 5.99. The van der Waals surface area contributed by atoms with E-state index in [-0.39, 0.29) is 18.2 Å². The molecule has 2 aliphatic rings. The third-order valence-corrected chi connectivity index (χ3v) is 5.42. The summed E-state index contributed by atoms with van der Waals surface area (Å²) in [6, 6.07) is 11.0. The number of carbonyl (C=O) groups is 2. The quantitative estimate of drug-likeness (QED) is 0.579. The lowest BCUT2D eigenvalue weighted by atomic mass is 9.79. The van der Waals surface area contributed by atoms with E-state index in [4.69, 9.17) is 14.2 Å².